The number of nitrogens with two attached hydrogens (primary N) is 1. The summed E-state index contributed by atoms with van der Waals surface area (Å²) in [6, 6.07) is 2.10. The Morgan fingerprint density at radius 1 is 1.43 bits per heavy atom. The second-order valence-electron chi connectivity index (χ2n) is 2.93. The Morgan fingerprint density at radius 3 is 2.79 bits per heavy atom. The Labute approximate surface area is 84.3 Å². The summed E-state index contributed by atoms with van der Waals surface area (Å²) in [6.07, 6.45) is 3.76. The lowest BCUT2D eigenvalue weighted by molar-refractivity contribution is 1.08. The molecule has 0 saturated heterocycles. The van der Waals surface area contributed by atoms with Gasteiger partial charge in [0, 0.05) is 24.3 Å². The van der Waals surface area contributed by atoms with Crippen LogP contribution < -0.4 is 5.73 Å². The lowest BCUT2D eigenvalue weighted by Crippen LogP contribution is -1.94. The molecule has 3 nitrogen and oxygen atoms in total. The van der Waals surface area contributed by atoms with Crippen molar-refractivity contribution in [2.75, 3.05) is 0 Å². The maximum Gasteiger partial charge on any atom is 0.137 e. The summed E-state index contributed by atoms with van der Waals surface area (Å²) in [5, 5.41) is 1.14. The van der Waals surface area contributed by atoms with E-state index in [0.717, 1.165) is 22.2 Å². The molecule has 3 N–H and O–H groups in total. The Morgan fingerprint density at radius 2 is 2.14 bits per heavy atom. The van der Waals surface area contributed by atoms with Crippen molar-refractivity contribution in [3.05, 3.63) is 29.6 Å². The number of fused-ring (bicyclic) bond motifs is 1. The molecule has 2 heterocycles. The van der Waals surface area contributed by atoms with E-state index in [1.165, 1.54) is 0 Å². The van der Waals surface area contributed by atoms with E-state index in [2.05, 4.69) is 16.0 Å². The number of pyridine rings is 1. The summed E-state index contributed by atoms with van der Waals surface area (Å²) < 4.78 is 0. The van der Waals surface area contributed by atoms with Gasteiger partial charge < -0.3 is 10.7 Å². The van der Waals surface area contributed by atoms with Crippen molar-refractivity contribution in [3.8, 4) is 0 Å². The van der Waals surface area contributed by atoms with E-state index in [-0.39, 0.29) is 0 Å². The van der Waals surface area contributed by atoms with Crippen LogP contribution in [0.25, 0.3) is 11.0 Å². The summed E-state index contributed by atoms with van der Waals surface area (Å²) in [7, 11) is 0. The molecule has 14 heavy (non-hydrogen) atoms. The van der Waals surface area contributed by atoms with Crippen molar-refractivity contribution in [1.82, 2.24) is 9.97 Å². The standard InChI is InChI=1S/C9H11N3.C2H6/c1-6-2-8-7(3-10)5-12-9(8)11-4-6;1-2/h2,4-5H,3,10H2,1H3,(H,11,12);1-2H3. The highest BCUT2D eigenvalue weighted by atomic mass is 14.8. The predicted molar refractivity (Wildman–Crippen MR) is 60.1 cm³/mol. The molecule has 0 bridgehead atoms. The second-order valence-corrected chi connectivity index (χ2v) is 2.93. The number of rotatable bonds is 1. The largest absolute Gasteiger partial charge is 0.346 e. The normalized spacial score (nSPS) is 9.71. The lowest BCUT2D eigenvalue weighted by Gasteiger charge is -1.94. The van der Waals surface area contributed by atoms with Gasteiger partial charge in [-0.05, 0) is 24.1 Å². The molecule has 0 aliphatic rings. The van der Waals surface area contributed by atoms with Crippen LogP contribution in [0.5, 0.6) is 0 Å². The Kier molecular flexibility index (Phi) is 3.65. The molecule has 76 valence electrons. The third-order valence-electron chi connectivity index (χ3n) is 1.97. The summed E-state index contributed by atoms with van der Waals surface area (Å²) in [5.41, 5.74) is 8.77. The van der Waals surface area contributed by atoms with Crippen LogP contribution in [0.1, 0.15) is 25.0 Å². The molecule has 0 aromatic carbocycles. The van der Waals surface area contributed by atoms with Gasteiger partial charge in [0.25, 0.3) is 0 Å². The van der Waals surface area contributed by atoms with Gasteiger partial charge in [0.1, 0.15) is 5.65 Å². The van der Waals surface area contributed by atoms with Crippen molar-refractivity contribution in [2.45, 2.75) is 27.3 Å². The van der Waals surface area contributed by atoms with Gasteiger partial charge in [0.2, 0.25) is 0 Å². The van der Waals surface area contributed by atoms with Crippen molar-refractivity contribution in [1.29, 1.82) is 0 Å². The smallest absolute Gasteiger partial charge is 0.137 e. The fourth-order valence-electron chi connectivity index (χ4n) is 1.33. The van der Waals surface area contributed by atoms with E-state index >= 15 is 0 Å². The predicted octanol–water partition coefficient (Wildman–Crippen LogP) is 2.36. The maximum atomic E-state index is 5.56. The first kappa shape index (κ1) is 10.7. The van der Waals surface area contributed by atoms with Gasteiger partial charge >= 0.3 is 0 Å². The average molecular weight is 191 g/mol. The van der Waals surface area contributed by atoms with E-state index in [1.54, 1.807) is 0 Å². The second kappa shape index (κ2) is 4.77. The number of aryl methyl sites for hydroxylation is 1. The molecule has 0 radical (unpaired) electrons. The first-order valence-corrected chi connectivity index (χ1v) is 4.94. The van der Waals surface area contributed by atoms with Crippen LogP contribution in [-0.2, 0) is 6.54 Å². The molecule has 0 fully saturated rings. The fraction of sp³-hybridized carbons (Fsp3) is 0.364. The number of H-pyrrole nitrogens is 1. The number of nitrogens with zero attached hydrogens (tertiary/aromatic N) is 1. The van der Waals surface area contributed by atoms with Gasteiger partial charge in [-0.25, -0.2) is 4.98 Å². The van der Waals surface area contributed by atoms with E-state index < -0.39 is 0 Å². The Balaban J connectivity index is 0.000000461. The lowest BCUT2D eigenvalue weighted by atomic mass is 10.2. The highest BCUT2D eigenvalue weighted by molar-refractivity contribution is 5.80. The third-order valence-corrected chi connectivity index (χ3v) is 1.97. The van der Waals surface area contributed by atoms with Crippen LogP contribution in [0.4, 0.5) is 0 Å². The number of aromatic amines is 1. The molecule has 0 spiro atoms. The summed E-state index contributed by atoms with van der Waals surface area (Å²) in [5.74, 6) is 0. The maximum absolute atomic E-state index is 5.56. The number of nitrogens with one attached hydrogen (secondary N) is 1. The van der Waals surface area contributed by atoms with Crippen LogP contribution >= 0.6 is 0 Å². The van der Waals surface area contributed by atoms with Gasteiger partial charge in [-0.15, -0.1) is 0 Å². The van der Waals surface area contributed by atoms with Crippen LogP contribution in [-0.4, -0.2) is 9.97 Å². The van der Waals surface area contributed by atoms with Crippen LogP contribution in [0.3, 0.4) is 0 Å². The number of hydrogen-bond acceptors (Lipinski definition) is 2. The molecule has 0 unspecified atom stereocenters. The molecule has 0 amide bonds. The van der Waals surface area contributed by atoms with Gasteiger partial charge in [-0.3, -0.25) is 0 Å². The Bertz CT molecular complexity index is 404. The van der Waals surface area contributed by atoms with E-state index in [4.69, 9.17) is 5.73 Å². The molecule has 2 aromatic heterocycles. The quantitative estimate of drug-likeness (QED) is 0.727. The molecule has 2 aromatic rings. The number of aromatic nitrogens is 2. The molecular formula is C11H17N3. The zero-order valence-electron chi connectivity index (χ0n) is 8.96. The van der Waals surface area contributed by atoms with Crippen LogP contribution in [0.2, 0.25) is 0 Å². The molecule has 3 heteroatoms. The highest BCUT2D eigenvalue weighted by Gasteiger charge is 2.01. The van der Waals surface area contributed by atoms with Gasteiger partial charge in [0.05, 0.1) is 0 Å². The summed E-state index contributed by atoms with van der Waals surface area (Å²) in [6.45, 7) is 6.59. The first-order valence-electron chi connectivity index (χ1n) is 4.94. The van der Waals surface area contributed by atoms with Crippen LogP contribution in [0.15, 0.2) is 18.5 Å². The third kappa shape index (κ3) is 1.93. The monoisotopic (exact) mass is 191 g/mol. The molecule has 0 saturated carbocycles. The Hall–Kier alpha value is -1.35. The minimum Gasteiger partial charge on any atom is -0.346 e. The van der Waals surface area contributed by atoms with Crippen molar-refractivity contribution in [3.63, 3.8) is 0 Å². The number of hydrogen-bond donors (Lipinski definition) is 2. The minimum absolute atomic E-state index is 0.561. The van der Waals surface area contributed by atoms with E-state index in [0.29, 0.717) is 6.54 Å². The summed E-state index contributed by atoms with van der Waals surface area (Å²) in [4.78, 5) is 7.31. The minimum atomic E-state index is 0.561. The highest BCUT2D eigenvalue weighted by Crippen LogP contribution is 2.16. The molecule has 0 aliphatic heterocycles. The SMILES string of the molecule is CC.Cc1cnc2[nH]cc(CN)c2c1. The average Bonchev–Trinajstić information content (AvgIpc) is 2.63. The topological polar surface area (TPSA) is 54.7 Å². The fourth-order valence-corrected chi connectivity index (χ4v) is 1.33. The van der Waals surface area contributed by atoms with Crippen molar-refractivity contribution >= 4 is 11.0 Å². The molecule has 2 rings (SSSR count). The summed E-state index contributed by atoms with van der Waals surface area (Å²) >= 11 is 0. The molecule has 0 aliphatic carbocycles. The van der Waals surface area contributed by atoms with E-state index in [1.807, 2.05) is 33.2 Å². The van der Waals surface area contributed by atoms with Gasteiger partial charge in [0.15, 0.2) is 0 Å². The molecular weight excluding hydrogens is 174 g/mol. The zero-order valence-corrected chi connectivity index (χ0v) is 8.96. The molecule has 0 atom stereocenters. The zero-order chi connectivity index (χ0) is 10.6. The van der Waals surface area contributed by atoms with Crippen molar-refractivity contribution < 1.29 is 0 Å². The van der Waals surface area contributed by atoms with E-state index in [9.17, 15) is 0 Å². The van der Waals surface area contributed by atoms with Gasteiger partial charge in [-0.2, -0.15) is 0 Å². The van der Waals surface area contributed by atoms with Gasteiger partial charge in [-0.1, -0.05) is 13.8 Å². The van der Waals surface area contributed by atoms with Crippen LogP contribution in [0, 0.1) is 6.92 Å². The first-order chi connectivity index (χ1) is 6.81. The van der Waals surface area contributed by atoms with Crippen molar-refractivity contribution in [2.24, 2.45) is 5.73 Å².